The number of likely N-dealkylation sites (tertiary alicyclic amines) is 1. The smallest absolute Gasteiger partial charge is 0.270 e. The average Bonchev–Trinajstić information content (AvgIpc) is 2.83. The van der Waals surface area contributed by atoms with E-state index < -0.39 is 4.92 Å². The highest BCUT2D eigenvalue weighted by atomic mass is 35.5. The lowest BCUT2D eigenvalue weighted by Crippen LogP contribution is -2.40. The lowest BCUT2D eigenvalue weighted by Gasteiger charge is -2.24. The van der Waals surface area contributed by atoms with Crippen LogP contribution >= 0.6 is 11.6 Å². The second-order valence-corrected chi connectivity index (χ2v) is 6.10. The number of hydrogen-bond donors (Lipinski definition) is 1. The number of halogens is 1. The van der Waals surface area contributed by atoms with Crippen LogP contribution in [-0.2, 0) is 6.54 Å². The molecule has 1 aromatic carbocycles. The summed E-state index contributed by atoms with van der Waals surface area (Å²) in [5.41, 5.74) is 1.02. The van der Waals surface area contributed by atoms with Crippen molar-refractivity contribution >= 4 is 17.3 Å². The number of piperidine rings is 1. The number of benzene rings is 1. The molecule has 3 rings (SSSR count). The topological polar surface area (TPSA) is 58.4 Å². The Balaban J connectivity index is 1.68. The highest BCUT2D eigenvalue weighted by molar-refractivity contribution is 6.31. The van der Waals surface area contributed by atoms with E-state index in [0.717, 1.165) is 37.7 Å². The Morgan fingerprint density at radius 2 is 2.30 bits per heavy atom. The minimum absolute atomic E-state index is 0.0514. The molecule has 20 heavy (non-hydrogen) atoms. The van der Waals surface area contributed by atoms with Gasteiger partial charge in [0.2, 0.25) is 0 Å². The summed E-state index contributed by atoms with van der Waals surface area (Å²) in [5.74, 6) is 0.737. The molecule has 6 heteroatoms. The van der Waals surface area contributed by atoms with Crippen LogP contribution < -0.4 is 5.32 Å². The SMILES string of the molecule is O=[N+]([O-])c1ccc(CN2CC3CCCNC3C2)c(Cl)c1. The molecule has 1 aromatic rings. The number of nitro groups is 1. The second kappa shape index (κ2) is 5.68. The van der Waals surface area contributed by atoms with Gasteiger partial charge in [-0.2, -0.15) is 0 Å². The molecule has 0 saturated carbocycles. The van der Waals surface area contributed by atoms with E-state index in [1.54, 1.807) is 6.07 Å². The summed E-state index contributed by atoms with van der Waals surface area (Å²) < 4.78 is 0. The van der Waals surface area contributed by atoms with Gasteiger partial charge in [0.1, 0.15) is 0 Å². The normalized spacial score (nSPS) is 26.4. The maximum atomic E-state index is 10.7. The largest absolute Gasteiger partial charge is 0.312 e. The fourth-order valence-corrected chi connectivity index (χ4v) is 3.52. The molecule has 0 bridgehead atoms. The summed E-state index contributed by atoms with van der Waals surface area (Å²) in [5, 5.41) is 14.8. The number of fused-ring (bicyclic) bond motifs is 1. The van der Waals surface area contributed by atoms with Gasteiger partial charge in [-0.05, 0) is 36.9 Å². The van der Waals surface area contributed by atoms with Crippen LogP contribution in [0.3, 0.4) is 0 Å². The average molecular weight is 296 g/mol. The number of rotatable bonds is 3. The molecule has 1 N–H and O–H groups in total. The van der Waals surface area contributed by atoms with Gasteiger partial charge < -0.3 is 5.32 Å². The molecule has 0 aromatic heterocycles. The van der Waals surface area contributed by atoms with Crippen LogP contribution in [0.1, 0.15) is 18.4 Å². The van der Waals surface area contributed by atoms with E-state index in [2.05, 4.69) is 10.2 Å². The van der Waals surface area contributed by atoms with Crippen molar-refractivity contribution in [2.75, 3.05) is 19.6 Å². The van der Waals surface area contributed by atoms with E-state index in [1.165, 1.54) is 25.0 Å². The van der Waals surface area contributed by atoms with Crippen molar-refractivity contribution < 1.29 is 4.92 Å². The van der Waals surface area contributed by atoms with E-state index in [1.807, 2.05) is 0 Å². The minimum Gasteiger partial charge on any atom is -0.312 e. The number of nitrogens with one attached hydrogen (secondary N) is 1. The van der Waals surface area contributed by atoms with Crippen LogP contribution in [0.15, 0.2) is 18.2 Å². The fourth-order valence-electron chi connectivity index (χ4n) is 3.28. The standard InChI is InChI=1S/C14H18ClN3O2/c15-13-6-12(18(19)20)4-3-10(13)7-17-8-11-2-1-5-16-14(11)9-17/h3-4,6,11,14,16H,1-2,5,7-9H2. The Morgan fingerprint density at radius 3 is 3.00 bits per heavy atom. The van der Waals surface area contributed by atoms with E-state index >= 15 is 0 Å². The Bertz CT molecular complexity index is 509. The molecule has 5 nitrogen and oxygen atoms in total. The Labute approximate surface area is 123 Å². The fraction of sp³-hybridized carbons (Fsp3) is 0.571. The van der Waals surface area contributed by atoms with Gasteiger partial charge in [-0.3, -0.25) is 15.0 Å². The highest BCUT2D eigenvalue weighted by Crippen LogP contribution is 2.28. The maximum absolute atomic E-state index is 10.7. The molecule has 2 aliphatic rings. The maximum Gasteiger partial charge on any atom is 0.270 e. The number of hydrogen-bond acceptors (Lipinski definition) is 4. The summed E-state index contributed by atoms with van der Waals surface area (Å²) >= 11 is 6.16. The van der Waals surface area contributed by atoms with Crippen molar-refractivity contribution in [3.63, 3.8) is 0 Å². The molecule has 2 aliphatic heterocycles. The monoisotopic (exact) mass is 295 g/mol. The molecule has 0 radical (unpaired) electrons. The predicted octanol–water partition coefficient (Wildman–Crippen LogP) is 2.43. The zero-order chi connectivity index (χ0) is 14.1. The molecule has 2 fully saturated rings. The molecule has 0 amide bonds. The summed E-state index contributed by atoms with van der Waals surface area (Å²) in [6, 6.07) is 5.34. The van der Waals surface area contributed by atoms with Crippen LogP contribution in [0.4, 0.5) is 5.69 Å². The molecule has 2 unspecified atom stereocenters. The van der Waals surface area contributed by atoms with Crippen LogP contribution in [0, 0.1) is 16.0 Å². The summed E-state index contributed by atoms with van der Waals surface area (Å²) in [7, 11) is 0. The summed E-state index contributed by atoms with van der Waals surface area (Å²) in [6.45, 7) is 4.02. The third kappa shape index (κ3) is 2.80. The quantitative estimate of drug-likeness (QED) is 0.687. The molecule has 0 aliphatic carbocycles. The van der Waals surface area contributed by atoms with Crippen molar-refractivity contribution in [2.45, 2.75) is 25.4 Å². The van der Waals surface area contributed by atoms with E-state index in [4.69, 9.17) is 11.6 Å². The van der Waals surface area contributed by atoms with Crippen LogP contribution in [0.25, 0.3) is 0 Å². The first-order valence-electron chi connectivity index (χ1n) is 7.02. The Morgan fingerprint density at radius 1 is 1.45 bits per heavy atom. The van der Waals surface area contributed by atoms with Gasteiger partial charge in [0.05, 0.1) is 9.95 Å². The van der Waals surface area contributed by atoms with Gasteiger partial charge in [-0.1, -0.05) is 11.6 Å². The van der Waals surface area contributed by atoms with Crippen LogP contribution in [0.2, 0.25) is 5.02 Å². The molecule has 2 saturated heterocycles. The molecular weight excluding hydrogens is 278 g/mol. The minimum atomic E-state index is -0.413. The van der Waals surface area contributed by atoms with Gasteiger partial charge in [0.15, 0.2) is 0 Å². The highest BCUT2D eigenvalue weighted by Gasteiger charge is 2.34. The van der Waals surface area contributed by atoms with Gasteiger partial charge in [-0.25, -0.2) is 0 Å². The van der Waals surface area contributed by atoms with Gasteiger partial charge >= 0.3 is 0 Å². The number of non-ortho nitro benzene ring substituents is 1. The molecule has 2 heterocycles. The lowest BCUT2D eigenvalue weighted by atomic mass is 9.94. The molecular formula is C14H18ClN3O2. The van der Waals surface area contributed by atoms with Gasteiger partial charge in [0.25, 0.3) is 5.69 Å². The van der Waals surface area contributed by atoms with Crippen molar-refractivity contribution in [1.29, 1.82) is 0 Å². The van der Waals surface area contributed by atoms with Crippen LogP contribution in [0.5, 0.6) is 0 Å². The number of nitrogens with zero attached hydrogens (tertiary/aromatic N) is 2. The van der Waals surface area contributed by atoms with Crippen molar-refractivity contribution in [3.05, 3.63) is 38.9 Å². The Kier molecular flexibility index (Phi) is 3.92. The second-order valence-electron chi connectivity index (χ2n) is 5.69. The first-order valence-corrected chi connectivity index (χ1v) is 7.40. The third-order valence-electron chi connectivity index (χ3n) is 4.32. The van der Waals surface area contributed by atoms with Gasteiger partial charge in [-0.15, -0.1) is 0 Å². The van der Waals surface area contributed by atoms with Crippen molar-refractivity contribution in [2.24, 2.45) is 5.92 Å². The lowest BCUT2D eigenvalue weighted by molar-refractivity contribution is -0.384. The molecule has 108 valence electrons. The zero-order valence-corrected chi connectivity index (χ0v) is 12.0. The first kappa shape index (κ1) is 13.8. The van der Waals surface area contributed by atoms with E-state index in [-0.39, 0.29) is 5.69 Å². The predicted molar refractivity (Wildman–Crippen MR) is 77.9 cm³/mol. The van der Waals surface area contributed by atoms with Crippen molar-refractivity contribution in [1.82, 2.24) is 10.2 Å². The van der Waals surface area contributed by atoms with Crippen molar-refractivity contribution in [3.8, 4) is 0 Å². The summed E-state index contributed by atoms with van der Waals surface area (Å²) in [6.07, 6.45) is 2.55. The van der Waals surface area contributed by atoms with E-state index in [0.29, 0.717) is 11.1 Å². The zero-order valence-electron chi connectivity index (χ0n) is 11.2. The summed E-state index contributed by atoms with van der Waals surface area (Å²) in [4.78, 5) is 12.7. The van der Waals surface area contributed by atoms with Gasteiger partial charge in [0, 0.05) is 37.8 Å². The third-order valence-corrected chi connectivity index (χ3v) is 4.67. The first-order chi connectivity index (χ1) is 9.63. The number of nitro benzene ring substituents is 1. The Hall–Kier alpha value is -1.17. The molecule has 0 spiro atoms. The molecule has 2 atom stereocenters. The van der Waals surface area contributed by atoms with E-state index in [9.17, 15) is 10.1 Å². The van der Waals surface area contributed by atoms with Crippen LogP contribution in [-0.4, -0.2) is 35.5 Å².